The molecule has 2 aliphatic rings. The van der Waals surface area contributed by atoms with E-state index in [4.69, 9.17) is 11.6 Å². The van der Waals surface area contributed by atoms with Gasteiger partial charge >= 0.3 is 0 Å². The molecular weight excluding hydrogens is 272 g/mol. The van der Waals surface area contributed by atoms with Crippen LogP contribution in [0.4, 0.5) is 11.4 Å². The Balaban J connectivity index is 1.73. The van der Waals surface area contributed by atoms with Crippen LogP contribution in [0.2, 0.25) is 5.02 Å². The second kappa shape index (κ2) is 4.96. The van der Waals surface area contributed by atoms with Gasteiger partial charge in [0.2, 0.25) is 5.91 Å². The summed E-state index contributed by atoms with van der Waals surface area (Å²) in [6, 6.07) is 4.37. The molecule has 1 aromatic rings. The predicted molar refractivity (Wildman–Crippen MR) is 83.4 cm³/mol. The fourth-order valence-corrected chi connectivity index (χ4v) is 3.34. The summed E-state index contributed by atoms with van der Waals surface area (Å²) in [5, 5.41) is 7.08. The number of hydrogen-bond donors (Lipinski definition) is 2. The van der Waals surface area contributed by atoms with Crippen molar-refractivity contribution in [2.24, 2.45) is 5.41 Å². The third-order valence-electron chi connectivity index (χ3n) is 4.52. The van der Waals surface area contributed by atoms with Crippen LogP contribution in [0.25, 0.3) is 0 Å². The van der Waals surface area contributed by atoms with Gasteiger partial charge in [-0.25, -0.2) is 0 Å². The van der Waals surface area contributed by atoms with Crippen LogP contribution in [-0.4, -0.2) is 11.9 Å². The van der Waals surface area contributed by atoms with Crippen LogP contribution in [0.5, 0.6) is 0 Å². The van der Waals surface area contributed by atoms with E-state index in [9.17, 15) is 4.79 Å². The summed E-state index contributed by atoms with van der Waals surface area (Å²) in [6.45, 7) is 4.67. The fourth-order valence-electron chi connectivity index (χ4n) is 3.12. The minimum Gasteiger partial charge on any atom is -0.381 e. The summed E-state index contributed by atoms with van der Waals surface area (Å²) < 4.78 is 0. The highest BCUT2D eigenvalue weighted by atomic mass is 35.5. The number of hydrogen-bond acceptors (Lipinski definition) is 2. The number of benzene rings is 1. The van der Waals surface area contributed by atoms with Crippen molar-refractivity contribution in [3.8, 4) is 0 Å². The standard InChI is InChI=1S/C16H21ClN2O/c1-16(2)5-3-11(4-6-16)18-14-7-10-8-15(20)19-13(10)9-12(14)17/h7,9,11,18H,3-6,8H2,1-2H3,(H,19,20). The average Bonchev–Trinajstić information content (AvgIpc) is 2.71. The second-order valence-corrected chi connectivity index (χ2v) is 7.20. The maximum atomic E-state index is 11.4. The molecule has 0 atom stereocenters. The molecule has 3 rings (SSSR count). The van der Waals surface area contributed by atoms with Crippen molar-refractivity contribution in [2.75, 3.05) is 10.6 Å². The van der Waals surface area contributed by atoms with Crippen LogP contribution in [0, 0.1) is 5.41 Å². The number of halogens is 1. The molecule has 0 radical (unpaired) electrons. The van der Waals surface area contributed by atoms with Crippen molar-refractivity contribution in [2.45, 2.75) is 52.0 Å². The van der Waals surface area contributed by atoms with Crippen molar-refractivity contribution in [1.29, 1.82) is 0 Å². The molecule has 0 bridgehead atoms. The quantitative estimate of drug-likeness (QED) is 0.857. The Morgan fingerprint density at radius 2 is 2.00 bits per heavy atom. The van der Waals surface area contributed by atoms with Gasteiger partial charge in [0.15, 0.2) is 0 Å². The average molecular weight is 293 g/mol. The molecule has 1 amide bonds. The zero-order valence-corrected chi connectivity index (χ0v) is 12.8. The number of carbonyl (C=O) groups excluding carboxylic acids is 1. The molecule has 1 saturated carbocycles. The van der Waals surface area contributed by atoms with Crippen LogP contribution in [0.3, 0.4) is 0 Å². The molecule has 1 aromatic carbocycles. The fraction of sp³-hybridized carbons (Fsp3) is 0.562. The number of nitrogens with one attached hydrogen (secondary N) is 2. The van der Waals surface area contributed by atoms with Gasteiger partial charge < -0.3 is 10.6 Å². The van der Waals surface area contributed by atoms with Crippen molar-refractivity contribution in [3.63, 3.8) is 0 Å². The molecule has 1 fully saturated rings. The summed E-state index contributed by atoms with van der Waals surface area (Å²) in [5.41, 5.74) is 3.33. The smallest absolute Gasteiger partial charge is 0.228 e. The van der Waals surface area contributed by atoms with Gasteiger partial charge in [-0.2, -0.15) is 0 Å². The van der Waals surface area contributed by atoms with Gasteiger partial charge in [-0.1, -0.05) is 25.4 Å². The molecule has 1 aliphatic heterocycles. The van der Waals surface area contributed by atoms with E-state index in [1.54, 1.807) is 0 Å². The van der Waals surface area contributed by atoms with Gasteiger partial charge in [0.1, 0.15) is 0 Å². The van der Waals surface area contributed by atoms with E-state index in [0.29, 0.717) is 22.9 Å². The molecule has 3 nitrogen and oxygen atoms in total. The van der Waals surface area contributed by atoms with E-state index >= 15 is 0 Å². The lowest BCUT2D eigenvalue weighted by atomic mass is 9.75. The third kappa shape index (κ3) is 2.78. The minimum absolute atomic E-state index is 0.0487. The van der Waals surface area contributed by atoms with Gasteiger partial charge in [-0.15, -0.1) is 0 Å². The topological polar surface area (TPSA) is 41.1 Å². The van der Waals surface area contributed by atoms with Crippen molar-refractivity contribution < 1.29 is 4.79 Å². The Labute approximate surface area is 125 Å². The van der Waals surface area contributed by atoms with Crippen LogP contribution in [0.1, 0.15) is 45.1 Å². The van der Waals surface area contributed by atoms with E-state index in [1.165, 1.54) is 25.7 Å². The zero-order valence-electron chi connectivity index (χ0n) is 12.1. The van der Waals surface area contributed by atoms with E-state index in [1.807, 2.05) is 12.1 Å². The number of rotatable bonds is 2. The number of amides is 1. The van der Waals surface area contributed by atoms with Gasteiger partial charge in [0.05, 0.1) is 17.1 Å². The maximum absolute atomic E-state index is 11.4. The first kappa shape index (κ1) is 13.7. The predicted octanol–water partition coefficient (Wildman–Crippen LogP) is 4.22. The Morgan fingerprint density at radius 1 is 1.30 bits per heavy atom. The van der Waals surface area contributed by atoms with Crippen molar-refractivity contribution in [3.05, 3.63) is 22.7 Å². The lowest BCUT2D eigenvalue weighted by molar-refractivity contribution is -0.115. The summed E-state index contributed by atoms with van der Waals surface area (Å²) in [6.07, 6.45) is 5.30. The molecule has 20 heavy (non-hydrogen) atoms. The molecule has 108 valence electrons. The summed E-state index contributed by atoms with van der Waals surface area (Å²) in [5.74, 6) is 0.0487. The highest BCUT2D eigenvalue weighted by Crippen LogP contribution is 2.38. The lowest BCUT2D eigenvalue weighted by Crippen LogP contribution is -2.29. The first-order chi connectivity index (χ1) is 9.43. The van der Waals surface area contributed by atoms with Gasteiger partial charge in [0.25, 0.3) is 0 Å². The van der Waals surface area contributed by atoms with E-state index in [2.05, 4.69) is 24.5 Å². The second-order valence-electron chi connectivity index (χ2n) is 6.80. The lowest BCUT2D eigenvalue weighted by Gasteiger charge is -2.35. The Morgan fingerprint density at radius 3 is 2.70 bits per heavy atom. The van der Waals surface area contributed by atoms with Gasteiger partial charge in [-0.05, 0) is 48.8 Å². The normalized spacial score (nSPS) is 21.4. The van der Waals surface area contributed by atoms with Crippen LogP contribution >= 0.6 is 11.6 Å². The molecule has 0 saturated heterocycles. The first-order valence-electron chi connectivity index (χ1n) is 7.32. The first-order valence-corrected chi connectivity index (χ1v) is 7.70. The Hall–Kier alpha value is -1.22. The SMILES string of the molecule is CC1(C)CCC(Nc2cc3c(cc2Cl)NC(=O)C3)CC1. The van der Waals surface area contributed by atoms with Gasteiger partial charge in [-0.3, -0.25) is 4.79 Å². The summed E-state index contributed by atoms with van der Waals surface area (Å²) >= 11 is 6.32. The molecular formula is C16H21ClN2O. The molecule has 4 heteroatoms. The highest BCUT2D eigenvalue weighted by Gasteiger charge is 2.27. The number of carbonyl (C=O) groups is 1. The monoisotopic (exact) mass is 292 g/mol. The zero-order chi connectivity index (χ0) is 14.3. The highest BCUT2D eigenvalue weighted by molar-refractivity contribution is 6.33. The molecule has 0 spiro atoms. The molecule has 1 heterocycles. The Bertz CT molecular complexity index is 544. The van der Waals surface area contributed by atoms with Crippen molar-refractivity contribution in [1.82, 2.24) is 0 Å². The summed E-state index contributed by atoms with van der Waals surface area (Å²) in [7, 11) is 0. The van der Waals surface area contributed by atoms with Crippen molar-refractivity contribution >= 4 is 28.9 Å². The number of fused-ring (bicyclic) bond motifs is 1. The molecule has 0 unspecified atom stereocenters. The minimum atomic E-state index is 0.0487. The summed E-state index contributed by atoms with van der Waals surface area (Å²) in [4.78, 5) is 11.4. The van der Waals surface area contributed by atoms with Crippen LogP contribution in [0.15, 0.2) is 12.1 Å². The third-order valence-corrected chi connectivity index (χ3v) is 4.83. The number of anilines is 2. The Kier molecular flexibility index (Phi) is 3.41. The molecule has 2 N–H and O–H groups in total. The van der Waals surface area contributed by atoms with Gasteiger partial charge in [0, 0.05) is 11.7 Å². The molecule has 0 aromatic heterocycles. The van der Waals surface area contributed by atoms with E-state index < -0.39 is 0 Å². The maximum Gasteiger partial charge on any atom is 0.228 e. The van der Waals surface area contributed by atoms with E-state index in [0.717, 1.165) is 16.9 Å². The van der Waals surface area contributed by atoms with Crippen LogP contribution < -0.4 is 10.6 Å². The molecule has 1 aliphatic carbocycles. The van der Waals surface area contributed by atoms with Crippen LogP contribution in [-0.2, 0) is 11.2 Å². The van der Waals surface area contributed by atoms with E-state index in [-0.39, 0.29) is 5.91 Å². The largest absolute Gasteiger partial charge is 0.381 e.